The summed E-state index contributed by atoms with van der Waals surface area (Å²) in [7, 11) is -0.417. The molecule has 1 aliphatic rings. The summed E-state index contributed by atoms with van der Waals surface area (Å²) in [6.45, 7) is 14.3. The highest BCUT2D eigenvalue weighted by Gasteiger charge is 2.52. The van der Waals surface area contributed by atoms with Crippen molar-refractivity contribution in [1.29, 1.82) is 0 Å². The molecule has 5 heteroatoms. The average Bonchev–Trinajstić information content (AvgIpc) is 2.51. The van der Waals surface area contributed by atoms with Gasteiger partial charge in [0.1, 0.15) is 5.75 Å². The van der Waals surface area contributed by atoms with Crippen LogP contribution in [0.15, 0.2) is 16.6 Å². The van der Waals surface area contributed by atoms with E-state index in [9.17, 15) is 0 Å². The van der Waals surface area contributed by atoms with Crippen molar-refractivity contribution in [2.45, 2.75) is 65.8 Å². The van der Waals surface area contributed by atoms with Crippen LogP contribution >= 0.6 is 15.9 Å². The Bertz CT molecular complexity index is 525. The number of halogens is 1. The monoisotopic (exact) mass is 354 g/mol. The van der Waals surface area contributed by atoms with Gasteiger partial charge in [-0.3, -0.25) is 0 Å². The topological polar surface area (TPSA) is 27.7 Å². The molecular weight excluding hydrogens is 331 g/mol. The molecule has 1 fully saturated rings. The van der Waals surface area contributed by atoms with Gasteiger partial charge in [0.25, 0.3) is 0 Å². The Balaban J connectivity index is 2.45. The van der Waals surface area contributed by atoms with Crippen molar-refractivity contribution in [3.8, 4) is 5.75 Å². The first-order valence-electron chi connectivity index (χ1n) is 7.36. The van der Waals surface area contributed by atoms with E-state index in [0.717, 1.165) is 21.2 Å². The van der Waals surface area contributed by atoms with Crippen LogP contribution in [0.2, 0.25) is 0 Å². The highest BCUT2D eigenvalue weighted by atomic mass is 79.9. The highest BCUT2D eigenvalue weighted by Crippen LogP contribution is 2.38. The minimum absolute atomic E-state index is 0.0881. The van der Waals surface area contributed by atoms with Crippen LogP contribution in [0.3, 0.4) is 0 Å². The van der Waals surface area contributed by atoms with Crippen LogP contribution in [-0.2, 0) is 9.31 Å². The molecule has 3 nitrogen and oxygen atoms in total. The van der Waals surface area contributed by atoms with Gasteiger partial charge in [-0.15, -0.1) is 0 Å². The normalized spacial score (nSPS) is 20.1. The standard InChI is InChI=1S/C16H24BBrO3/c1-10(2)19-14-12(8-11(3)9-13(14)18)17-20-15(4,5)16(6,7)21-17/h8-10H,1-7H3. The van der Waals surface area contributed by atoms with Crippen molar-refractivity contribution in [1.82, 2.24) is 0 Å². The summed E-state index contributed by atoms with van der Waals surface area (Å²) in [6.07, 6.45) is 0.0881. The van der Waals surface area contributed by atoms with Gasteiger partial charge in [-0.2, -0.15) is 0 Å². The van der Waals surface area contributed by atoms with E-state index in [-0.39, 0.29) is 17.3 Å². The van der Waals surface area contributed by atoms with Crippen LogP contribution in [-0.4, -0.2) is 24.4 Å². The smallest absolute Gasteiger partial charge is 0.490 e. The largest absolute Gasteiger partial charge is 0.498 e. The molecule has 116 valence electrons. The predicted molar refractivity (Wildman–Crippen MR) is 90.4 cm³/mol. The summed E-state index contributed by atoms with van der Waals surface area (Å²) in [5, 5.41) is 0. The Morgan fingerprint density at radius 1 is 1.10 bits per heavy atom. The van der Waals surface area contributed by atoms with Crippen molar-refractivity contribution in [3.63, 3.8) is 0 Å². The van der Waals surface area contributed by atoms with Crippen LogP contribution in [0.5, 0.6) is 5.75 Å². The van der Waals surface area contributed by atoms with E-state index in [0.29, 0.717) is 0 Å². The van der Waals surface area contributed by atoms with Crippen LogP contribution < -0.4 is 10.2 Å². The summed E-state index contributed by atoms with van der Waals surface area (Å²) in [4.78, 5) is 0. The van der Waals surface area contributed by atoms with E-state index in [1.54, 1.807) is 0 Å². The minimum Gasteiger partial charge on any atom is -0.490 e. The summed E-state index contributed by atoms with van der Waals surface area (Å²) in [6, 6.07) is 4.12. The second kappa shape index (κ2) is 5.60. The molecule has 1 aromatic carbocycles. The molecule has 0 radical (unpaired) electrons. The maximum absolute atomic E-state index is 6.16. The fourth-order valence-corrected chi connectivity index (χ4v) is 2.94. The van der Waals surface area contributed by atoms with Gasteiger partial charge >= 0.3 is 7.12 Å². The van der Waals surface area contributed by atoms with Gasteiger partial charge in [-0.1, -0.05) is 11.6 Å². The summed E-state index contributed by atoms with van der Waals surface area (Å²) < 4.78 is 19.2. The molecule has 0 saturated carbocycles. The highest BCUT2D eigenvalue weighted by molar-refractivity contribution is 9.10. The quantitative estimate of drug-likeness (QED) is 0.772. The van der Waals surface area contributed by atoms with Gasteiger partial charge in [0.15, 0.2) is 0 Å². The fourth-order valence-electron chi connectivity index (χ4n) is 2.26. The molecule has 0 bridgehead atoms. The van der Waals surface area contributed by atoms with E-state index in [1.807, 2.05) is 19.9 Å². The summed E-state index contributed by atoms with van der Waals surface area (Å²) in [5.74, 6) is 0.800. The Morgan fingerprint density at radius 3 is 2.10 bits per heavy atom. The summed E-state index contributed by atoms with van der Waals surface area (Å²) in [5.41, 5.74) is 1.36. The molecule has 2 rings (SSSR count). The third-order valence-corrected chi connectivity index (χ3v) is 4.67. The Morgan fingerprint density at radius 2 is 1.62 bits per heavy atom. The lowest BCUT2D eigenvalue weighted by Gasteiger charge is -2.32. The summed E-state index contributed by atoms with van der Waals surface area (Å²) >= 11 is 3.59. The molecule has 0 atom stereocenters. The van der Waals surface area contributed by atoms with Gasteiger partial charge in [-0.25, -0.2) is 0 Å². The third kappa shape index (κ3) is 3.30. The van der Waals surface area contributed by atoms with Crippen molar-refractivity contribution >= 4 is 28.5 Å². The molecule has 0 aliphatic carbocycles. The number of hydrogen-bond donors (Lipinski definition) is 0. The minimum atomic E-state index is -0.417. The Kier molecular flexibility index (Phi) is 4.49. The number of hydrogen-bond acceptors (Lipinski definition) is 3. The Labute approximate surface area is 136 Å². The first-order valence-corrected chi connectivity index (χ1v) is 8.15. The molecule has 21 heavy (non-hydrogen) atoms. The lowest BCUT2D eigenvalue weighted by atomic mass is 9.77. The van der Waals surface area contributed by atoms with E-state index in [4.69, 9.17) is 14.0 Å². The number of benzene rings is 1. The van der Waals surface area contributed by atoms with Crippen molar-refractivity contribution < 1.29 is 14.0 Å². The van der Waals surface area contributed by atoms with E-state index < -0.39 is 7.12 Å². The molecule has 0 aromatic heterocycles. The molecule has 0 unspecified atom stereocenters. The van der Waals surface area contributed by atoms with Gasteiger partial charge < -0.3 is 14.0 Å². The number of ether oxygens (including phenoxy) is 1. The molecule has 1 saturated heterocycles. The molecule has 0 spiro atoms. The predicted octanol–water partition coefficient (Wildman–Crippen LogP) is 3.84. The van der Waals surface area contributed by atoms with E-state index >= 15 is 0 Å². The molecule has 1 aromatic rings. The zero-order valence-corrected chi connectivity index (χ0v) is 15.5. The second-order valence-electron chi connectivity index (χ2n) is 6.92. The number of rotatable bonds is 3. The lowest BCUT2D eigenvalue weighted by Crippen LogP contribution is -2.41. The molecule has 0 N–H and O–H groups in total. The Hall–Kier alpha value is -0.515. The van der Waals surface area contributed by atoms with Crippen molar-refractivity contribution in [2.24, 2.45) is 0 Å². The van der Waals surface area contributed by atoms with Gasteiger partial charge in [0.05, 0.1) is 21.8 Å². The molecule has 0 amide bonds. The van der Waals surface area contributed by atoms with Gasteiger partial charge in [0, 0.05) is 5.46 Å². The maximum atomic E-state index is 6.16. The fraction of sp³-hybridized carbons (Fsp3) is 0.625. The zero-order valence-electron chi connectivity index (χ0n) is 13.9. The molecular formula is C16H24BBrO3. The first-order chi connectivity index (χ1) is 9.53. The van der Waals surface area contributed by atoms with E-state index in [2.05, 4.69) is 56.6 Å². The first kappa shape index (κ1) is 16.8. The van der Waals surface area contributed by atoms with Crippen molar-refractivity contribution in [2.75, 3.05) is 0 Å². The van der Waals surface area contributed by atoms with Crippen LogP contribution in [0.25, 0.3) is 0 Å². The molecule has 1 heterocycles. The maximum Gasteiger partial charge on any atom is 0.498 e. The van der Waals surface area contributed by atoms with E-state index in [1.165, 1.54) is 0 Å². The third-order valence-electron chi connectivity index (χ3n) is 4.08. The average molecular weight is 355 g/mol. The van der Waals surface area contributed by atoms with Gasteiger partial charge in [0.2, 0.25) is 0 Å². The zero-order chi connectivity index (χ0) is 16.0. The van der Waals surface area contributed by atoms with Crippen LogP contribution in [0, 0.1) is 6.92 Å². The molecule has 1 aliphatic heterocycles. The van der Waals surface area contributed by atoms with Crippen LogP contribution in [0.4, 0.5) is 0 Å². The number of aryl methyl sites for hydroxylation is 1. The van der Waals surface area contributed by atoms with Gasteiger partial charge in [-0.05, 0) is 70.5 Å². The lowest BCUT2D eigenvalue weighted by molar-refractivity contribution is 0.00578. The van der Waals surface area contributed by atoms with Crippen LogP contribution in [0.1, 0.15) is 47.1 Å². The second-order valence-corrected chi connectivity index (χ2v) is 7.77. The SMILES string of the molecule is Cc1cc(Br)c(OC(C)C)c(B2OC(C)(C)C(C)(C)O2)c1. The van der Waals surface area contributed by atoms with Crippen molar-refractivity contribution in [3.05, 3.63) is 22.2 Å².